The summed E-state index contributed by atoms with van der Waals surface area (Å²) < 4.78 is 6.92. The predicted octanol–water partition coefficient (Wildman–Crippen LogP) is 6.82. The average molecular weight is 410 g/mol. The summed E-state index contributed by atoms with van der Waals surface area (Å²) in [7, 11) is -1.80. The smallest absolute Gasteiger partial charge is 0.192 e. The van der Waals surface area contributed by atoms with Gasteiger partial charge in [0, 0.05) is 12.1 Å². The highest BCUT2D eigenvalue weighted by Crippen LogP contribution is 2.38. The van der Waals surface area contributed by atoms with Crippen molar-refractivity contribution in [2.75, 3.05) is 6.54 Å². The lowest BCUT2D eigenvalue weighted by Crippen LogP contribution is -2.44. The van der Waals surface area contributed by atoms with Crippen LogP contribution in [0.1, 0.15) is 52.0 Å². The molecule has 1 heterocycles. The van der Waals surface area contributed by atoms with Crippen molar-refractivity contribution in [3.8, 4) is 11.1 Å². The zero-order chi connectivity index (χ0) is 20.9. The van der Waals surface area contributed by atoms with E-state index in [0.717, 1.165) is 12.8 Å². The van der Waals surface area contributed by atoms with Gasteiger partial charge in [0.2, 0.25) is 0 Å². The molecule has 1 N–H and O–H groups in total. The Morgan fingerprint density at radius 2 is 1.76 bits per heavy atom. The summed E-state index contributed by atoms with van der Waals surface area (Å²) in [5, 5.41) is 3.89. The molecule has 1 fully saturated rings. The van der Waals surface area contributed by atoms with Crippen molar-refractivity contribution in [3.63, 3.8) is 0 Å². The minimum Gasteiger partial charge on any atom is -0.414 e. The van der Waals surface area contributed by atoms with Gasteiger partial charge in [0.05, 0.1) is 0 Å². The lowest BCUT2D eigenvalue weighted by Gasteiger charge is -2.39. The third-order valence-electron chi connectivity index (χ3n) is 6.76. The highest BCUT2D eigenvalue weighted by atomic mass is 28.4. The van der Waals surface area contributed by atoms with Gasteiger partial charge in [-0.25, -0.2) is 0 Å². The summed E-state index contributed by atoms with van der Waals surface area (Å²) in [6.45, 7) is 13.0. The fraction of sp³-hybridized carbons (Fsp3) is 0.538. The summed E-state index contributed by atoms with van der Waals surface area (Å²) in [5.41, 5.74) is 3.97. The van der Waals surface area contributed by atoms with Crippen molar-refractivity contribution in [1.82, 2.24) is 5.32 Å². The summed E-state index contributed by atoms with van der Waals surface area (Å²) in [6.07, 6.45) is 6.29. The molecule has 1 aliphatic heterocycles. The molecule has 158 valence electrons. The van der Waals surface area contributed by atoms with Crippen molar-refractivity contribution >= 4 is 8.32 Å². The summed E-state index contributed by atoms with van der Waals surface area (Å²) in [5.74, 6) is 0. The molecule has 3 rings (SSSR count). The lowest BCUT2D eigenvalue weighted by atomic mass is 9.97. The van der Waals surface area contributed by atoms with Crippen LogP contribution in [0.4, 0.5) is 0 Å². The van der Waals surface area contributed by atoms with E-state index >= 15 is 0 Å². The second-order valence-electron chi connectivity index (χ2n) is 10.1. The van der Waals surface area contributed by atoms with E-state index in [2.05, 4.69) is 93.8 Å². The van der Waals surface area contributed by atoms with Crippen LogP contribution in [0.15, 0.2) is 54.6 Å². The van der Waals surface area contributed by atoms with Crippen molar-refractivity contribution in [3.05, 3.63) is 60.2 Å². The molecular formula is C26H39NOSi. The van der Waals surface area contributed by atoms with Gasteiger partial charge in [-0.05, 0) is 73.5 Å². The summed E-state index contributed by atoms with van der Waals surface area (Å²) in [4.78, 5) is 0. The Morgan fingerprint density at radius 1 is 1.03 bits per heavy atom. The Balaban J connectivity index is 1.74. The molecule has 29 heavy (non-hydrogen) atoms. The Kier molecular flexibility index (Phi) is 7.36. The van der Waals surface area contributed by atoms with E-state index < -0.39 is 8.32 Å². The minimum absolute atomic E-state index is 0.239. The maximum atomic E-state index is 6.92. The quantitative estimate of drug-likeness (QED) is 0.483. The van der Waals surface area contributed by atoms with Crippen LogP contribution in [0.5, 0.6) is 0 Å². The van der Waals surface area contributed by atoms with Crippen molar-refractivity contribution in [1.29, 1.82) is 0 Å². The molecule has 0 aliphatic carbocycles. The molecule has 2 nitrogen and oxygen atoms in total. The highest BCUT2D eigenvalue weighted by Gasteiger charge is 2.39. The molecule has 0 bridgehead atoms. The van der Waals surface area contributed by atoms with E-state index in [1.54, 1.807) is 0 Å². The van der Waals surface area contributed by atoms with Gasteiger partial charge in [-0.15, -0.1) is 0 Å². The number of nitrogens with one attached hydrogen (secondary N) is 1. The molecule has 0 spiro atoms. The van der Waals surface area contributed by atoms with E-state index in [1.165, 1.54) is 42.5 Å². The second kappa shape index (κ2) is 9.59. The summed E-state index contributed by atoms with van der Waals surface area (Å²) in [6, 6.07) is 20.4. The monoisotopic (exact) mass is 409 g/mol. The molecule has 1 saturated heterocycles. The van der Waals surface area contributed by atoms with Crippen molar-refractivity contribution in [2.45, 2.75) is 83.2 Å². The first kappa shape index (κ1) is 22.3. The summed E-state index contributed by atoms with van der Waals surface area (Å²) >= 11 is 0. The van der Waals surface area contributed by atoms with Crippen LogP contribution < -0.4 is 5.32 Å². The molecule has 2 aromatic carbocycles. The number of benzene rings is 2. The first-order chi connectivity index (χ1) is 13.7. The third kappa shape index (κ3) is 6.28. The zero-order valence-corrected chi connectivity index (χ0v) is 20.0. The van der Waals surface area contributed by atoms with Crippen LogP contribution in [0.3, 0.4) is 0 Å². The van der Waals surface area contributed by atoms with Gasteiger partial charge in [-0.3, -0.25) is 0 Å². The molecule has 0 radical (unpaired) electrons. The Hall–Kier alpha value is -1.42. The average Bonchev–Trinajstić information content (AvgIpc) is 3.20. The van der Waals surface area contributed by atoms with E-state index in [0.29, 0.717) is 12.1 Å². The standard InChI is InChI=1S/C26H39NOSi/c1-26(2,3)29(4,5)28-25(17-16-24-15-10-18-27-24)20-21-11-9-14-23(19-21)22-12-7-6-8-13-22/h6-9,11-14,19,24-25,27H,10,15-18,20H2,1-5H3. The van der Waals surface area contributed by atoms with Gasteiger partial charge in [-0.2, -0.15) is 0 Å². The molecule has 2 unspecified atom stereocenters. The minimum atomic E-state index is -1.80. The zero-order valence-electron chi connectivity index (χ0n) is 19.0. The Labute approximate surface area is 179 Å². The van der Waals surface area contributed by atoms with Gasteiger partial charge < -0.3 is 9.74 Å². The predicted molar refractivity (Wildman–Crippen MR) is 128 cm³/mol. The fourth-order valence-corrected chi connectivity index (χ4v) is 5.35. The van der Waals surface area contributed by atoms with Gasteiger partial charge in [0.25, 0.3) is 0 Å². The van der Waals surface area contributed by atoms with E-state index in [4.69, 9.17) is 4.43 Å². The molecule has 0 amide bonds. The molecule has 2 aromatic rings. The Bertz CT molecular complexity index is 760. The maximum absolute atomic E-state index is 6.92. The van der Waals surface area contributed by atoms with E-state index in [9.17, 15) is 0 Å². The van der Waals surface area contributed by atoms with Crippen LogP contribution in [0.25, 0.3) is 11.1 Å². The van der Waals surface area contributed by atoms with Crippen LogP contribution in [-0.4, -0.2) is 27.0 Å². The van der Waals surface area contributed by atoms with Crippen LogP contribution in [0.2, 0.25) is 18.1 Å². The van der Waals surface area contributed by atoms with E-state index in [1.807, 2.05) is 0 Å². The van der Waals surface area contributed by atoms with Crippen LogP contribution in [0, 0.1) is 0 Å². The molecule has 3 heteroatoms. The Morgan fingerprint density at radius 3 is 2.41 bits per heavy atom. The molecule has 0 aromatic heterocycles. The van der Waals surface area contributed by atoms with E-state index in [-0.39, 0.29) is 5.04 Å². The first-order valence-corrected chi connectivity index (χ1v) is 14.2. The van der Waals surface area contributed by atoms with Crippen LogP contribution >= 0.6 is 0 Å². The number of rotatable bonds is 8. The molecule has 0 saturated carbocycles. The van der Waals surface area contributed by atoms with Gasteiger partial charge in [0.15, 0.2) is 8.32 Å². The lowest BCUT2D eigenvalue weighted by molar-refractivity contribution is 0.164. The normalized spacial score (nSPS) is 18.7. The topological polar surface area (TPSA) is 21.3 Å². The van der Waals surface area contributed by atoms with Gasteiger partial charge >= 0.3 is 0 Å². The van der Waals surface area contributed by atoms with Crippen molar-refractivity contribution in [2.24, 2.45) is 0 Å². The van der Waals surface area contributed by atoms with Gasteiger partial charge in [0.1, 0.15) is 0 Å². The third-order valence-corrected chi connectivity index (χ3v) is 11.3. The molecule has 1 aliphatic rings. The fourth-order valence-electron chi connectivity index (χ4n) is 3.96. The SMILES string of the molecule is CC(C)(C)[Si](C)(C)OC(CCC1CCCN1)Cc1cccc(-c2ccccc2)c1. The largest absolute Gasteiger partial charge is 0.414 e. The first-order valence-electron chi connectivity index (χ1n) is 11.3. The molecular weight excluding hydrogens is 370 g/mol. The second-order valence-corrected chi connectivity index (χ2v) is 14.9. The maximum Gasteiger partial charge on any atom is 0.192 e. The van der Waals surface area contributed by atoms with Gasteiger partial charge in [-0.1, -0.05) is 75.4 Å². The number of hydrogen-bond donors (Lipinski definition) is 1. The number of hydrogen-bond acceptors (Lipinski definition) is 2. The highest BCUT2D eigenvalue weighted by molar-refractivity contribution is 6.74. The molecule has 2 atom stereocenters. The van der Waals surface area contributed by atoms with Crippen LogP contribution in [-0.2, 0) is 10.8 Å². The van der Waals surface area contributed by atoms with Crippen molar-refractivity contribution < 1.29 is 4.43 Å².